The summed E-state index contributed by atoms with van der Waals surface area (Å²) in [6.45, 7) is 8.72. The fourth-order valence-corrected chi connectivity index (χ4v) is 0. The average Bonchev–Trinajstić information content (AvgIpc) is 2.08. The van der Waals surface area contributed by atoms with Crippen LogP contribution in [-0.2, 0) is 12.6 Å². The van der Waals surface area contributed by atoms with Gasteiger partial charge in [0.05, 0.1) is 0 Å². The van der Waals surface area contributed by atoms with Gasteiger partial charge in [-0.2, -0.15) is 6.26 Å². The van der Waals surface area contributed by atoms with Crippen LogP contribution in [0, 0.1) is 0 Å². The van der Waals surface area contributed by atoms with Gasteiger partial charge in [-0.1, -0.05) is 53.4 Å². The van der Waals surface area contributed by atoms with Crippen LogP contribution in [0.4, 0.5) is 0 Å². The first kappa shape index (κ1) is 23.2. The normalized spacial score (nSPS) is 6.00. The summed E-state index contributed by atoms with van der Waals surface area (Å²) in [4.78, 5) is 0. The number of hydrogen-bond acceptors (Lipinski definition) is 1. The van der Waals surface area contributed by atoms with Gasteiger partial charge < -0.3 is 12.6 Å². The zero-order valence-corrected chi connectivity index (χ0v) is 15.0. The van der Waals surface area contributed by atoms with E-state index in [-0.39, 0.29) is 58.2 Å². The van der Waals surface area contributed by atoms with Gasteiger partial charge in [-0.15, -0.1) is 0 Å². The molecule has 0 rings (SSSR count). The SMILES string of the molecule is CCCC.CCCC.C[S-].[Rb+]. The molecule has 0 saturated carbocycles. The first-order chi connectivity index (χ1) is 4.83. The van der Waals surface area contributed by atoms with Gasteiger partial charge in [0, 0.05) is 0 Å². The molecule has 11 heavy (non-hydrogen) atoms. The summed E-state index contributed by atoms with van der Waals surface area (Å²) in [6, 6.07) is 0. The fourth-order valence-electron chi connectivity index (χ4n) is 0. The number of unbranched alkanes of at least 4 members (excludes halogenated alkanes) is 2. The van der Waals surface area contributed by atoms with Gasteiger partial charge in [0.1, 0.15) is 0 Å². The van der Waals surface area contributed by atoms with Crippen molar-refractivity contribution in [3.63, 3.8) is 0 Å². The molecule has 2 heteroatoms. The Morgan fingerprint density at radius 2 is 0.727 bits per heavy atom. The molecule has 0 aliphatic heterocycles. The van der Waals surface area contributed by atoms with Crippen molar-refractivity contribution in [3.05, 3.63) is 0 Å². The summed E-state index contributed by atoms with van der Waals surface area (Å²) in [7, 11) is 0. The van der Waals surface area contributed by atoms with Crippen molar-refractivity contribution in [2.24, 2.45) is 0 Å². The Morgan fingerprint density at radius 1 is 0.636 bits per heavy atom. The largest absolute Gasteiger partial charge is 1.00 e. The van der Waals surface area contributed by atoms with Crippen LogP contribution in [0.25, 0.3) is 0 Å². The Bertz CT molecular complexity index is 17.5. The van der Waals surface area contributed by atoms with E-state index in [1.807, 2.05) is 0 Å². The molecule has 0 aromatic carbocycles. The molecular weight excluding hydrogens is 226 g/mol. The summed E-state index contributed by atoms with van der Waals surface area (Å²) in [5.74, 6) is 0. The maximum Gasteiger partial charge on any atom is 1.00 e. The molecule has 0 atom stereocenters. The van der Waals surface area contributed by atoms with E-state index in [0.29, 0.717) is 0 Å². The quantitative estimate of drug-likeness (QED) is 0.651. The molecule has 0 aliphatic rings. The summed E-state index contributed by atoms with van der Waals surface area (Å²) in [5, 5.41) is 0. The second-order valence-corrected chi connectivity index (χ2v) is 2.00. The van der Waals surface area contributed by atoms with Crippen molar-refractivity contribution >= 4 is 12.6 Å². The van der Waals surface area contributed by atoms with Crippen LogP contribution >= 0.6 is 0 Å². The third-order valence-electron chi connectivity index (χ3n) is 1.000. The van der Waals surface area contributed by atoms with Crippen molar-refractivity contribution < 1.29 is 58.2 Å². The molecule has 0 N–H and O–H groups in total. The molecule has 0 radical (unpaired) electrons. The second kappa shape index (κ2) is 39.9. The van der Waals surface area contributed by atoms with Crippen molar-refractivity contribution in [2.75, 3.05) is 6.26 Å². The minimum Gasteiger partial charge on any atom is -0.796 e. The molecule has 0 aromatic rings. The topological polar surface area (TPSA) is 0 Å². The molecule has 0 aliphatic carbocycles. The van der Waals surface area contributed by atoms with Gasteiger partial charge in [0.25, 0.3) is 0 Å². The Morgan fingerprint density at radius 3 is 0.727 bits per heavy atom. The summed E-state index contributed by atoms with van der Waals surface area (Å²) in [6.07, 6.45) is 6.86. The number of rotatable bonds is 2. The van der Waals surface area contributed by atoms with E-state index < -0.39 is 0 Å². The zero-order valence-electron chi connectivity index (χ0n) is 9.24. The van der Waals surface area contributed by atoms with Crippen molar-refractivity contribution in [1.82, 2.24) is 0 Å². The third kappa shape index (κ3) is 72.6. The Kier molecular flexibility index (Phi) is 84.2. The minimum absolute atomic E-state index is 0. The maximum absolute atomic E-state index is 4.08. The number of hydrogen-bond donors (Lipinski definition) is 0. The molecule has 0 amide bonds. The molecule has 0 saturated heterocycles. The molecule has 0 spiro atoms. The van der Waals surface area contributed by atoms with Gasteiger partial charge in [-0.25, -0.2) is 0 Å². The molecule has 0 heterocycles. The van der Waals surface area contributed by atoms with Crippen LogP contribution in [0.2, 0.25) is 0 Å². The first-order valence-electron chi connectivity index (χ1n) is 4.24. The smallest absolute Gasteiger partial charge is 0.796 e. The molecular formula is C9H23RbS. The summed E-state index contributed by atoms with van der Waals surface area (Å²) < 4.78 is 0. The standard InChI is InChI=1S/2C4H10.CH4S.Rb/c2*1-3-4-2;1-2;/h2*3-4H2,1-2H3;2H,1H3;/q;;;+1/p-1. The van der Waals surface area contributed by atoms with E-state index in [1.54, 1.807) is 6.26 Å². The van der Waals surface area contributed by atoms with E-state index in [9.17, 15) is 0 Å². The van der Waals surface area contributed by atoms with E-state index in [0.717, 1.165) is 0 Å². The van der Waals surface area contributed by atoms with Gasteiger partial charge in [0.2, 0.25) is 0 Å². The molecule has 0 bridgehead atoms. The van der Waals surface area contributed by atoms with Crippen LogP contribution in [0.1, 0.15) is 53.4 Å². The molecule has 66 valence electrons. The van der Waals surface area contributed by atoms with Crippen LogP contribution in [0.15, 0.2) is 0 Å². The zero-order chi connectivity index (χ0) is 8.83. The summed E-state index contributed by atoms with van der Waals surface area (Å²) >= 11 is 4.08. The van der Waals surface area contributed by atoms with Crippen LogP contribution in [-0.4, -0.2) is 6.26 Å². The average molecular weight is 249 g/mol. The van der Waals surface area contributed by atoms with Crippen LogP contribution < -0.4 is 58.2 Å². The third-order valence-corrected chi connectivity index (χ3v) is 1.000. The Hall–Kier alpha value is 2.16. The van der Waals surface area contributed by atoms with Gasteiger partial charge in [0.15, 0.2) is 0 Å². The maximum atomic E-state index is 4.08. The van der Waals surface area contributed by atoms with E-state index in [1.165, 1.54) is 25.7 Å². The van der Waals surface area contributed by atoms with Gasteiger partial charge in [-0.3, -0.25) is 0 Å². The monoisotopic (exact) mass is 248 g/mol. The predicted molar refractivity (Wildman–Crippen MR) is 54.5 cm³/mol. The molecule has 0 nitrogen and oxygen atoms in total. The van der Waals surface area contributed by atoms with Crippen molar-refractivity contribution in [2.45, 2.75) is 53.4 Å². The molecule has 0 fully saturated rings. The minimum atomic E-state index is 0. The Balaban J connectivity index is -0.0000000339. The van der Waals surface area contributed by atoms with Gasteiger partial charge >= 0.3 is 58.2 Å². The van der Waals surface area contributed by atoms with Crippen molar-refractivity contribution in [1.29, 1.82) is 0 Å². The van der Waals surface area contributed by atoms with Gasteiger partial charge in [-0.05, 0) is 0 Å². The van der Waals surface area contributed by atoms with Crippen LogP contribution in [0.3, 0.4) is 0 Å². The molecule has 0 unspecified atom stereocenters. The Labute approximate surface area is 128 Å². The van der Waals surface area contributed by atoms with E-state index in [4.69, 9.17) is 0 Å². The van der Waals surface area contributed by atoms with Crippen LogP contribution in [0.5, 0.6) is 0 Å². The summed E-state index contributed by atoms with van der Waals surface area (Å²) in [5.41, 5.74) is 0. The van der Waals surface area contributed by atoms with Crippen molar-refractivity contribution in [3.8, 4) is 0 Å². The first-order valence-corrected chi connectivity index (χ1v) is 5.05. The van der Waals surface area contributed by atoms with E-state index in [2.05, 4.69) is 40.3 Å². The predicted octanol–water partition coefficient (Wildman–Crippen LogP) is 0.780. The van der Waals surface area contributed by atoms with E-state index >= 15 is 0 Å². The molecule has 0 aromatic heterocycles. The fraction of sp³-hybridized carbons (Fsp3) is 1.00. The second-order valence-electron chi connectivity index (χ2n) is 2.00.